The number of hydrogen-bond donors (Lipinski definition) is 0. The van der Waals surface area contributed by atoms with Crippen molar-refractivity contribution in [2.45, 2.75) is 25.2 Å². The molecule has 0 aromatic carbocycles. The maximum Gasteiger partial charge on any atom is 0.140 e. The van der Waals surface area contributed by atoms with Crippen molar-refractivity contribution >= 4 is 11.6 Å². The summed E-state index contributed by atoms with van der Waals surface area (Å²) in [6, 6.07) is 1.72. The summed E-state index contributed by atoms with van der Waals surface area (Å²) in [7, 11) is 0. The minimum atomic E-state index is -0.107. The van der Waals surface area contributed by atoms with Crippen molar-refractivity contribution in [3.8, 4) is 0 Å². The SMILES string of the molecule is O=C1CC(=O)CC(c2ncccn2)C1. The fourth-order valence-corrected chi connectivity index (χ4v) is 1.69. The second-order valence-corrected chi connectivity index (χ2v) is 3.47. The van der Waals surface area contributed by atoms with E-state index in [0.29, 0.717) is 18.7 Å². The third-order valence-corrected chi connectivity index (χ3v) is 2.29. The minimum absolute atomic E-state index is 0.00120. The molecule has 0 amide bonds. The van der Waals surface area contributed by atoms with Gasteiger partial charge in [-0.05, 0) is 6.07 Å². The second-order valence-electron chi connectivity index (χ2n) is 3.47. The third-order valence-electron chi connectivity index (χ3n) is 2.29. The standard InChI is InChI=1S/C10H10N2O2/c13-8-4-7(5-9(14)6-8)10-11-2-1-3-12-10/h1-3,7H,4-6H2. The van der Waals surface area contributed by atoms with Gasteiger partial charge in [-0.25, -0.2) is 9.97 Å². The summed E-state index contributed by atoms with van der Waals surface area (Å²) in [5.74, 6) is 0.497. The number of nitrogens with zero attached hydrogens (tertiary/aromatic N) is 2. The van der Waals surface area contributed by atoms with E-state index >= 15 is 0 Å². The van der Waals surface area contributed by atoms with Crippen molar-refractivity contribution < 1.29 is 9.59 Å². The molecule has 4 nitrogen and oxygen atoms in total. The molecule has 0 N–H and O–H groups in total. The van der Waals surface area contributed by atoms with Crippen LogP contribution in [0.5, 0.6) is 0 Å². The molecule has 14 heavy (non-hydrogen) atoms. The summed E-state index contributed by atoms with van der Waals surface area (Å²) >= 11 is 0. The average Bonchev–Trinajstić information content (AvgIpc) is 2.18. The van der Waals surface area contributed by atoms with Crippen molar-refractivity contribution in [2.24, 2.45) is 0 Å². The molecular formula is C10H10N2O2. The lowest BCUT2D eigenvalue weighted by molar-refractivity contribution is -0.130. The molecule has 1 aromatic rings. The van der Waals surface area contributed by atoms with Crippen molar-refractivity contribution in [2.75, 3.05) is 0 Å². The first-order chi connectivity index (χ1) is 6.75. The summed E-state index contributed by atoms with van der Waals surface area (Å²) in [4.78, 5) is 30.5. The van der Waals surface area contributed by atoms with Crippen molar-refractivity contribution in [1.82, 2.24) is 9.97 Å². The summed E-state index contributed by atoms with van der Waals surface area (Å²) in [6.45, 7) is 0. The maximum absolute atomic E-state index is 11.2. The fraction of sp³-hybridized carbons (Fsp3) is 0.400. The predicted octanol–water partition coefficient (Wildman–Crippen LogP) is 0.882. The monoisotopic (exact) mass is 190 g/mol. The van der Waals surface area contributed by atoms with Gasteiger partial charge in [0.25, 0.3) is 0 Å². The lowest BCUT2D eigenvalue weighted by Crippen LogP contribution is -2.22. The van der Waals surface area contributed by atoms with Gasteiger partial charge in [0.15, 0.2) is 0 Å². The van der Waals surface area contributed by atoms with E-state index in [-0.39, 0.29) is 23.9 Å². The van der Waals surface area contributed by atoms with Gasteiger partial charge < -0.3 is 0 Å². The van der Waals surface area contributed by atoms with Crippen molar-refractivity contribution in [1.29, 1.82) is 0 Å². The average molecular weight is 190 g/mol. The van der Waals surface area contributed by atoms with Gasteiger partial charge in [0.2, 0.25) is 0 Å². The number of ketones is 2. The Morgan fingerprint density at radius 2 is 1.64 bits per heavy atom. The van der Waals surface area contributed by atoms with Gasteiger partial charge in [0, 0.05) is 31.2 Å². The molecule has 2 rings (SSSR count). The van der Waals surface area contributed by atoms with Gasteiger partial charge in [0.1, 0.15) is 17.4 Å². The molecular weight excluding hydrogens is 180 g/mol. The molecule has 0 bridgehead atoms. The molecule has 1 aliphatic rings. The predicted molar refractivity (Wildman–Crippen MR) is 48.6 cm³/mol. The molecule has 1 aliphatic carbocycles. The van der Waals surface area contributed by atoms with Crippen LogP contribution in [-0.2, 0) is 9.59 Å². The van der Waals surface area contributed by atoms with Crippen molar-refractivity contribution in [3.63, 3.8) is 0 Å². The van der Waals surface area contributed by atoms with Crippen LogP contribution < -0.4 is 0 Å². The molecule has 1 aromatic heterocycles. The Labute approximate surface area is 81.4 Å². The molecule has 4 heteroatoms. The lowest BCUT2D eigenvalue weighted by Gasteiger charge is -2.17. The Kier molecular flexibility index (Phi) is 2.35. The van der Waals surface area contributed by atoms with Crippen LogP contribution in [-0.4, -0.2) is 21.5 Å². The van der Waals surface area contributed by atoms with Gasteiger partial charge >= 0.3 is 0 Å². The van der Waals surface area contributed by atoms with Crippen LogP contribution in [0.3, 0.4) is 0 Å². The summed E-state index contributed by atoms with van der Waals surface area (Å²) in [6.07, 6.45) is 4.15. The summed E-state index contributed by atoms with van der Waals surface area (Å²) in [5, 5.41) is 0. The first-order valence-electron chi connectivity index (χ1n) is 4.56. The minimum Gasteiger partial charge on any atom is -0.299 e. The van der Waals surface area contributed by atoms with E-state index in [2.05, 4.69) is 9.97 Å². The van der Waals surface area contributed by atoms with Gasteiger partial charge in [-0.2, -0.15) is 0 Å². The molecule has 1 fully saturated rings. The van der Waals surface area contributed by atoms with Crippen LogP contribution in [0.1, 0.15) is 31.0 Å². The molecule has 0 spiro atoms. The molecule has 0 saturated heterocycles. The van der Waals surface area contributed by atoms with Crippen LogP contribution in [0.4, 0.5) is 0 Å². The molecule has 0 radical (unpaired) electrons. The quantitative estimate of drug-likeness (QED) is 0.617. The highest BCUT2D eigenvalue weighted by atomic mass is 16.1. The van der Waals surface area contributed by atoms with E-state index in [0.717, 1.165) is 0 Å². The largest absolute Gasteiger partial charge is 0.299 e. The van der Waals surface area contributed by atoms with E-state index < -0.39 is 0 Å². The van der Waals surface area contributed by atoms with Crippen LogP contribution in [0.15, 0.2) is 18.5 Å². The van der Waals surface area contributed by atoms with Crippen LogP contribution in [0.25, 0.3) is 0 Å². The normalized spacial score (nSPS) is 18.6. The number of rotatable bonds is 1. The van der Waals surface area contributed by atoms with Crippen molar-refractivity contribution in [3.05, 3.63) is 24.3 Å². The first-order valence-corrected chi connectivity index (χ1v) is 4.56. The van der Waals surface area contributed by atoms with Crippen LogP contribution >= 0.6 is 0 Å². The zero-order chi connectivity index (χ0) is 9.97. The highest BCUT2D eigenvalue weighted by Gasteiger charge is 2.27. The number of carbonyl (C=O) groups is 2. The van der Waals surface area contributed by atoms with E-state index in [1.54, 1.807) is 18.5 Å². The fourth-order valence-electron chi connectivity index (χ4n) is 1.69. The van der Waals surface area contributed by atoms with Gasteiger partial charge in [0.05, 0.1) is 6.42 Å². The number of carbonyl (C=O) groups excluding carboxylic acids is 2. The Bertz CT molecular complexity index is 346. The van der Waals surface area contributed by atoms with E-state index in [4.69, 9.17) is 0 Å². The smallest absolute Gasteiger partial charge is 0.140 e. The Morgan fingerprint density at radius 3 is 2.21 bits per heavy atom. The lowest BCUT2D eigenvalue weighted by atomic mass is 9.87. The van der Waals surface area contributed by atoms with E-state index in [9.17, 15) is 9.59 Å². The summed E-state index contributed by atoms with van der Waals surface area (Å²) in [5.41, 5.74) is 0. The van der Waals surface area contributed by atoms with Crippen LogP contribution in [0, 0.1) is 0 Å². The van der Waals surface area contributed by atoms with E-state index in [1.807, 2.05) is 0 Å². The van der Waals surface area contributed by atoms with E-state index in [1.165, 1.54) is 0 Å². The summed E-state index contributed by atoms with van der Waals surface area (Å²) < 4.78 is 0. The molecule has 1 saturated carbocycles. The number of hydrogen-bond acceptors (Lipinski definition) is 4. The highest BCUT2D eigenvalue weighted by Crippen LogP contribution is 2.26. The Balaban J connectivity index is 2.19. The zero-order valence-electron chi connectivity index (χ0n) is 7.64. The molecule has 1 heterocycles. The zero-order valence-corrected chi connectivity index (χ0v) is 7.64. The van der Waals surface area contributed by atoms with Gasteiger partial charge in [-0.3, -0.25) is 9.59 Å². The first kappa shape index (κ1) is 8.99. The Morgan fingerprint density at radius 1 is 1.07 bits per heavy atom. The number of Topliss-reactive ketones (excluding diaryl/α,β-unsaturated/α-hetero) is 2. The Hall–Kier alpha value is -1.58. The molecule has 0 atom stereocenters. The topological polar surface area (TPSA) is 59.9 Å². The number of aromatic nitrogens is 2. The van der Waals surface area contributed by atoms with Crippen LogP contribution in [0.2, 0.25) is 0 Å². The third kappa shape index (κ3) is 1.84. The highest BCUT2D eigenvalue weighted by molar-refractivity contribution is 6.02. The maximum atomic E-state index is 11.2. The molecule has 72 valence electrons. The second kappa shape index (κ2) is 3.65. The molecule has 0 aliphatic heterocycles. The molecule has 0 unspecified atom stereocenters. The van der Waals surface area contributed by atoms with Gasteiger partial charge in [-0.15, -0.1) is 0 Å². The van der Waals surface area contributed by atoms with Gasteiger partial charge in [-0.1, -0.05) is 0 Å².